The van der Waals surface area contributed by atoms with Crippen molar-refractivity contribution in [3.63, 3.8) is 0 Å². The summed E-state index contributed by atoms with van der Waals surface area (Å²) in [6.07, 6.45) is 6.48. The molecule has 0 bridgehead atoms. The Hall–Kier alpha value is -2.04. The second-order valence-corrected chi connectivity index (χ2v) is 6.83. The smallest absolute Gasteiger partial charge is 0.331 e. The van der Waals surface area contributed by atoms with E-state index in [1.165, 1.54) is 13.5 Å². The minimum atomic E-state index is -0.896. The van der Waals surface area contributed by atoms with Crippen molar-refractivity contribution in [2.45, 2.75) is 63.3 Å². The molecule has 1 amide bonds. The van der Waals surface area contributed by atoms with Crippen LogP contribution in [0.4, 0.5) is 0 Å². The lowest BCUT2D eigenvalue weighted by atomic mass is 9.83. The first-order valence-corrected chi connectivity index (χ1v) is 9.07. The Bertz CT molecular complexity index is 574. The molecule has 138 valence electrons. The summed E-state index contributed by atoms with van der Waals surface area (Å²) < 4.78 is 10.2. The third-order valence-electron chi connectivity index (χ3n) is 5.15. The number of hydrogen-bond donors (Lipinski definition) is 1. The van der Waals surface area contributed by atoms with Gasteiger partial charge in [-0.25, -0.2) is 4.79 Å². The molecule has 1 atom stereocenters. The van der Waals surface area contributed by atoms with Crippen LogP contribution < -0.4 is 10.1 Å². The molecule has 25 heavy (non-hydrogen) atoms. The molecule has 0 aromatic heterocycles. The first kappa shape index (κ1) is 19.3. The van der Waals surface area contributed by atoms with Gasteiger partial charge in [-0.2, -0.15) is 0 Å². The number of hydrogen-bond acceptors (Lipinski definition) is 4. The van der Waals surface area contributed by atoms with Crippen LogP contribution in [-0.2, 0) is 14.3 Å². The zero-order valence-corrected chi connectivity index (χ0v) is 15.5. The van der Waals surface area contributed by atoms with Crippen LogP contribution in [-0.4, -0.2) is 31.6 Å². The summed E-state index contributed by atoms with van der Waals surface area (Å²) in [5.74, 6) is -0.0684. The second-order valence-electron chi connectivity index (χ2n) is 6.83. The SMILES string of the molecule is COC(=O)C1(NC(=O)C(C)c2ccc(OC)cc2)CCCCCCC1. The monoisotopic (exact) mass is 347 g/mol. The van der Waals surface area contributed by atoms with E-state index in [4.69, 9.17) is 9.47 Å². The lowest BCUT2D eigenvalue weighted by molar-refractivity contribution is -0.152. The molecule has 0 aliphatic heterocycles. The summed E-state index contributed by atoms with van der Waals surface area (Å²) in [7, 11) is 3.00. The van der Waals surface area contributed by atoms with E-state index in [1.54, 1.807) is 7.11 Å². The van der Waals surface area contributed by atoms with Gasteiger partial charge in [0.1, 0.15) is 11.3 Å². The molecule has 5 heteroatoms. The van der Waals surface area contributed by atoms with Crippen molar-refractivity contribution in [1.82, 2.24) is 5.32 Å². The minimum absolute atomic E-state index is 0.142. The average molecular weight is 347 g/mol. The van der Waals surface area contributed by atoms with Crippen LogP contribution in [0.3, 0.4) is 0 Å². The molecule has 1 saturated carbocycles. The van der Waals surface area contributed by atoms with Gasteiger partial charge in [0.25, 0.3) is 0 Å². The fourth-order valence-electron chi connectivity index (χ4n) is 3.47. The fourth-order valence-corrected chi connectivity index (χ4v) is 3.47. The molecule has 5 nitrogen and oxygen atoms in total. The summed E-state index contributed by atoms with van der Waals surface area (Å²) >= 11 is 0. The molecular formula is C20H29NO4. The van der Waals surface area contributed by atoms with Crippen LogP contribution in [0.2, 0.25) is 0 Å². The van der Waals surface area contributed by atoms with Crippen LogP contribution in [0.1, 0.15) is 63.4 Å². The highest BCUT2D eigenvalue weighted by molar-refractivity contribution is 5.91. The van der Waals surface area contributed by atoms with Gasteiger partial charge in [-0.05, 0) is 37.5 Å². The van der Waals surface area contributed by atoms with Crippen molar-refractivity contribution in [3.8, 4) is 5.75 Å². The van der Waals surface area contributed by atoms with Gasteiger partial charge in [-0.1, -0.05) is 44.2 Å². The Kier molecular flexibility index (Phi) is 6.85. The molecule has 1 aliphatic rings. The maximum atomic E-state index is 12.8. The van der Waals surface area contributed by atoms with Crippen LogP contribution in [0.25, 0.3) is 0 Å². The van der Waals surface area contributed by atoms with E-state index in [-0.39, 0.29) is 17.8 Å². The van der Waals surface area contributed by atoms with Gasteiger partial charge in [-0.3, -0.25) is 4.79 Å². The quantitative estimate of drug-likeness (QED) is 0.827. The van der Waals surface area contributed by atoms with Crippen molar-refractivity contribution in [2.24, 2.45) is 0 Å². The zero-order chi connectivity index (χ0) is 18.3. The Labute approximate surface area is 150 Å². The van der Waals surface area contributed by atoms with Crippen LogP contribution in [0, 0.1) is 0 Å². The number of carbonyl (C=O) groups is 2. The number of nitrogens with one attached hydrogen (secondary N) is 1. The van der Waals surface area contributed by atoms with Crippen molar-refractivity contribution in [2.75, 3.05) is 14.2 Å². The molecule has 1 fully saturated rings. The highest BCUT2D eigenvalue weighted by atomic mass is 16.5. The van der Waals surface area contributed by atoms with Gasteiger partial charge in [-0.15, -0.1) is 0 Å². The van der Waals surface area contributed by atoms with Gasteiger partial charge in [0.05, 0.1) is 20.1 Å². The van der Waals surface area contributed by atoms with E-state index in [2.05, 4.69) is 5.32 Å². The van der Waals surface area contributed by atoms with Crippen LogP contribution >= 0.6 is 0 Å². The van der Waals surface area contributed by atoms with E-state index in [1.807, 2.05) is 31.2 Å². The molecule has 1 unspecified atom stereocenters. The topological polar surface area (TPSA) is 64.6 Å². The van der Waals surface area contributed by atoms with Crippen molar-refractivity contribution in [1.29, 1.82) is 0 Å². The Morgan fingerprint density at radius 2 is 1.56 bits per heavy atom. The van der Waals surface area contributed by atoms with Gasteiger partial charge < -0.3 is 14.8 Å². The van der Waals surface area contributed by atoms with E-state index in [0.29, 0.717) is 12.8 Å². The molecule has 0 heterocycles. The number of amides is 1. The Balaban J connectivity index is 2.15. The summed E-state index contributed by atoms with van der Waals surface area (Å²) in [6, 6.07) is 7.44. The van der Waals surface area contributed by atoms with Crippen molar-refractivity contribution < 1.29 is 19.1 Å². The van der Waals surface area contributed by atoms with Crippen LogP contribution in [0.5, 0.6) is 5.75 Å². The van der Waals surface area contributed by atoms with Crippen molar-refractivity contribution in [3.05, 3.63) is 29.8 Å². The second kappa shape index (κ2) is 8.88. The summed E-state index contributed by atoms with van der Waals surface area (Å²) in [5, 5.41) is 3.03. The molecule has 0 saturated heterocycles. The predicted molar refractivity (Wildman–Crippen MR) is 96.6 cm³/mol. The van der Waals surface area contributed by atoms with Gasteiger partial charge in [0.2, 0.25) is 5.91 Å². The third-order valence-corrected chi connectivity index (χ3v) is 5.15. The first-order valence-electron chi connectivity index (χ1n) is 9.07. The van der Waals surface area contributed by atoms with E-state index >= 15 is 0 Å². The maximum absolute atomic E-state index is 12.8. The largest absolute Gasteiger partial charge is 0.497 e. The normalized spacial score (nSPS) is 18.4. The summed E-state index contributed by atoms with van der Waals surface area (Å²) in [5.41, 5.74) is -0.00311. The van der Waals surface area contributed by atoms with E-state index in [9.17, 15) is 9.59 Å². The van der Waals surface area contributed by atoms with Crippen LogP contribution in [0.15, 0.2) is 24.3 Å². The number of carbonyl (C=O) groups excluding carboxylic acids is 2. The number of ether oxygens (including phenoxy) is 2. The lowest BCUT2D eigenvalue weighted by Gasteiger charge is -2.34. The molecule has 2 rings (SSSR count). The number of esters is 1. The number of rotatable bonds is 5. The summed E-state index contributed by atoms with van der Waals surface area (Å²) in [6.45, 7) is 1.85. The van der Waals surface area contributed by atoms with E-state index < -0.39 is 5.54 Å². The fraction of sp³-hybridized carbons (Fsp3) is 0.600. The Morgan fingerprint density at radius 1 is 1.00 bits per heavy atom. The predicted octanol–water partition coefficient (Wildman–Crippen LogP) is 3.57. The van der Waals surface area contributed by atoms with E-state index in [0.717, 1.165) is 37.0 Å². The Morgan fingerprint density at radius 3 is 2.08 bits per heavy atom. The lowest BCUT2D eigenvalue weighted by Crippen LogP contribution is -2.56. The molecule has 0 radical (unpaired) electrons. The van der Waals surface area contributed by atoms with Gasteiger partial charge in [0.15, 0.2) is 0 Å². The maximum Gasteiger partial charge on any atom is 0.331 e. The molecule has 0 spiro atoms. The number of methoxy groups -OCH3 is 2. The first-order chi connectivity index (χ1) is 12.0. The molecule has 1 N–H and O–H groups in total. The zero-order valence-electron chi connectivity index (χ0n) is 15.5. The van der Waals surface area contributed by atoms with Gasteiger partial charge >= 0.3 is 5.97 Å². The molecule has 1 aliphatic carbocycles. The minimum Gasteiger partial charge on any atom is -0.497 e. The highest BCUT2D eigenvalue weighted by Crippen LogP contribution is 2.29. The standard InChI is InChI=1S/C20H29NO4/c1-15(16-9-11-17(24-2)12-10-16)18(22)21-20(19(23)25-3)13-7-5-4-6-8-14-20/h9-12,15H,4-8,13-14H2,1-3H3,(H,21,22). The molecule has 1 aromatic rings. The molecular weight excluding hydrogens is 318 g/mol. The van der Waals surface area contributed by atoms with Gasteiger partial charge in [0, 0.05) is 0 Å². The average Bonchev–Trinajstić information content (AvgIpc) is 2.62. The summed E-state index contributed by atoms with van der Waals surface area (Å²) in [4.78, 5) is 25.3. The highest BCUT2D eigenvalue weighted by Gasteiger charge is 2.41. The third kappa shape index (κ3) is 4.74. The van der Waals surface area contributed by atoms with Crippen molar-refractivity contribution >= 4 is 11.9 Å². The molecule has 1 aromatic carbocycles. The number of benzene rings is 1.